The van der Waals surface area contributed by atoms with Crippen LogP contribution in [-0.2, 0) is 18.4 Å². The van der Waals surface area contributed by atoms with Crippen LogP contribution in [0.1, 0.15) is 44.8 Å². The first-order valence-electron chi connectivity index (χ1n) is 7.38. The van der Waals surface area contributed by atoms with Gasteiger partial charge in [0.1, 0.15) is 5.82 Å². The number of H-pyrrole nitrogens is 1. The van der Waals surface area contributed by atoms with Crippen molar-refractivity contribution in [1.82, 2.24) is 15.3 Å². The molecule has 3 nitrogen and oxygen atoms in total. The van der Waals surface area contributed by atoms with Crippen molar-refractivity contribution >= 4 is 0 Å². The molecule has 1 heterocycles. The lowest BCUT2D eigenvalue weighted by molar-refractivity contribution is 0.510. The number of hydrogen-bond acceptors (Lipinski definition) is 2. The van der Waals surface area contributed by atoms with Crippen molar-refractivity contribution in [3.05, 3.63) is 41.3 Å². The normalized spacial score (nSPS) is 16.1. The van der Waals surface area contributed by atoms with Crippen molar-refractivity contribution < 1.29 is 0 Å². The van der Waals surface area contributed by atoms with E-state index in [1.54, 1.807) is 0 Å². The van der Waals surface area contributed by atoms with Gasteiger partial charge in [0.25, 0.3) is 0 Å². The van der Waals surface area contributed by atoms with Gasteiger partial charge in [-0.15, -0.1) is 0 Å². The van der Waals surface area contributed by atoms with Gasteiger partial charge in [0, 0.05) is 17.3 Å². The van der Waals surface area contributed by atoms with Gasteiger partial charge in [0.15, 0.2) is 0 Å². The minimum absolute atomic E-state index is 0.166. The maximum absolute atomic E-state index is 4.81. The van der Waals surface area contributed by atoms with Crippen LogP contribution in [0.5, 0.6) is 0 Å². The minimum Gasteiger partial charge on any atom is -0.344 e. The van der Waals surface area contributed by atoms with Gasteiger partial charge in [-0.1, -0.05) is 52.0 Å². The molecule has 0 saturated carbocycles. The van der Waals surface area contributed by atoms with Crippen LogP contribution in [0.4, 0.5) is 0 Å². The lowest BCUT2D eigenvalue weighted by Crippen LogP contribution is -2.25. The Morgan fingerprint density at radius 2 is 2.05 bits per heavy atom. The molecule has 20 heavy (non-hydrogen) atoms. The highest BCUT2D eigenvalue weighted by Gasteiger charge is 2.32. The fourth-order valence-corrected chi connectivity index (χ4v) is 3.02. The molecule has 1 aromatic carbocycles. The molecule has 0 saturated heterocycles. The summed E-state index contributed by atoms with van der Waals surface area (Å²) < 4.78 is 0. The summed E-state index contributed by atoms with van der Waals surface area (Å²) in [6, 6.07) is 9.12. The highest BCUT2D eigenvalue weighted by atomic mass is 15.0. The largest absolute Gasteiger partial charge is 0.344 e. The zero-order chi connectivity index (χ0) is 14.3. The van der Waals surface area contributed by atoms with Gasteiger partial charge in [0.2, 0.25) is 0 Å². The Kier molecular flexibility index (Phi) is 3.17. The quantitative estimate of drug-likeness (QED) is 0.896. The SMILES string of the molecule is CC(C)NCc1nc2c([nH]1)CC(C)(C)c1ccccc1-2. The van der Waals surface area contributed by atoms with Crippen LogP contribution >= 0.6 is 0 Å². The molecule has 0 spiro atoms. The van der Waals surface area contributed by atoms with Crippen molar-refractivity contribution in [2.75, 3.05) is 0 Å². The number of rotatable bonds is 3. The number of nitrogens with one attached hydrogen (secondary N) is 2. The Morgan fingerprint density at radius 1 is 1.30 bits per heavy atom. The number of imidazole rings is 1. The molecule has 3 heteroatoms. The molecule has 0 unspecified atom stereocenters. The lowest BCUT2D eigenvalue weighted by Gasteiger charge is -2.31. The van der Waals surface area contributed by atoms with E-state index < -0.39 is 0 Å². The van der Waals surface area contributed by atoms with Crippen molar-refractivity contribution in [2.24, 2.45) is 0 Å². The molecule has 0 atom stereocenters. The molecule has 2 aromatic rings. The number of benzene rings is 1. The van der Waals surface area contributed by atoms with E-state index in [1.807, 2.05) is 0 Å². The summed E-state index contributed by atoms with van der Waals surface area (Å²) in [7, 11) is 0. The van der Waals surface area contributed by atoms with E-state index in [1.165, 1.54) is 16.8 Å². The predicted molar refractivity (Wildman–Crippen MR) is 82.7 cm³/mol. The van der Waals surface area contributed by atoms with Crippen LogP contribution < -0.4 is 5.32 Å². The van der Waals surface area contributed by atoms with Gasteiger partial charge >= 0.3 is 0 Å². The second-order valence-corrected chi connectivity index (χ2v) is 6.65. The highest BCUT2D eigenvalue weighted by molar-refractivity contribution is 5.70. The van der Waals surface area contributed by atoms with E-state index in [-0.39, 0.29) is 5.41 Å². The number of hydrogen-bond donors (Lipinski definition) is 2. The van der Waals surface area contributed by atoms with Crippen LogP contribution in [-0.4, -0.2) is 16.0 Å². The number of aromatic nitrogens is 2. The summed E-state index contributed by atoms with van der Waals surface area (Å²) in [6.45, 7) is 9.72. The Labute approximate surface area is 120 Å². The van der Waals surface area contributed by atoms with Gasteiger partial charge < -0.3 is 10.3 Å². The summed E-state index contributed by atoms with van der Waals surface area (Å²) in [5.41, 5.74) is 5.27. The Bertz CT molecular complexity index is 623. The van der Waals surface area contributed by atoms with Gasteiger partial charge in [-0.05, 0) is 17.4 Å². The third kappa shape index (κ3) is 2.27. The maximum Gasteiger partial charge on any atom is 0.121 e. The standard InChI is InChI=1S/C17H23N3/c1-11(2)18-10-15-19-14-9-17(3,4)13-8-6-5-7-12(13)16(14)20-15/h5-8,11,18H,9-10H2,1-4H3,(H,19,20). The summed E-state index contributed by atoms with van der Waals surface area (Å²) in [5.74, 6) is 1.04. The van der Waals surface area contributed by atoms with Crippen molar-refractivity contribution in [3.63, 3.8) is 0 Å². The zero-order valence-electron chi connectivity index (χ0n) is 12.7. The second kappa shape index (κ2) is 4.74. The molecule has 106 valence electrons. The van der Waals surface area contributed by atoms with E-state index in [4.69, 9.17) is 4.98 Å². The number of aromatic amines is 1. The molecule has 0 bridgehead atoms. The molecular weight excluding hydrogens is 246 g/mol. The summed E-state index contributed by atoms with van der Waals surface area (Å²) in [5, 5.41) is 3.42. The fourth-order valence-electron chi connectivity index (χ4n) is 3.02. The van der Waals surface area contributed by atoms with Crippen molar-refractivity contribution in [2.45, 2.75) is 52.1 Å². The van der Waals surface area contributed by atoms with Crippen LogP contribution in [0.2, 0.25) is 0 Å². The van der Waals surface area contributed by atoms with Crippen molar-refractivity contribution in [3.8, 4) is 11.3 Å². The minimum atomic E-state index is 0.166. The van der Waals surface area contributed by atoms with E-state index in [0.717, 1.165) is 24.5 Å². The van der Waals surface area contributed by atoms with Gasteiger partial charge in [0.05, 0.1) is 12.2 Å². The topological polar surface area (TPSA) is 40.7 Å². The van der Waals surface area contributed by atoms with Gasteiger partial charge in [-0.3, -0.25) is 0 Å². The summed E-state index contributed by atoms with van der Waals surface area (Å²) in [4.78, 5) is 8.32. The molecule has 2 N–H and O–H groups in total. The monoisotopic (exact) mass is 269 g/mol. The molecular formula is C17H23N3. The fraction of sp³-hybridized carbons (Fsp3) is 0.471. The molecule has 0 fully saturated rings. The molecule has 0 amide bonds. The Morgan fingerprint density at radius 3 is 2.80 bits per heavy atom. The van der Waals surface area contributed by atoms with Crippen LogP contribution in [0.25, 0.3) is 11.3 Å². The summed E-state index contributed by atoms with van der Waals surface area (Å²) >= 11 is 0. The van der Waals surface area contributed by atoms with E-state index in [0.29, 0.717) is 6.04 Å². The third-order valence-corrected chi connectivity index (χ3v) is 4.04. The van der Waals surface area contributed by atoms with Crippen LogP contribution in [0.3, 0.4) is 0 Å². The summed E-state index contributed by atoms with van der Waals surface area (Å²) in [6.07, 6.45) is 1.02. The Hall–Kier alpha value is -1.61. The lowest BCUT2D eigenvalue weighted by atomic mass is 9.73. The molecule has 1 aliphatic carbocycles. The van der Waals surface area contributed by atoms with Gasteiger partial charge in [-0.25, -0.2) is 4.98 Å². The average Bonchev–Trinajstić information content (AvgIpc) is 2.79. The number of fused-ring (bicyclic) bond motifs is 3. The molecule has 3 rings (SSSR count). The zero-order valence-corrected chi connectivity index (χ0v) is 12.7. The maximum atomic E-state index is 4.81. The first-order valence-corrected chi connectivity index (χ1v) is 7.38. The average molecular weight is 269 g/mol. The smallest absolute Gasteiger partial charge is 0.121 e. The number of nitrogens with zero attached hydrogens (tertiary/aromatic N) is 1. The van der Waals surface area contributed by atoms with E-state index in [9.17, 15) is 0 Å². The van der Waals surface area contributed by atoms with Crippen molar-refractivity contribution in [1.29, 1.82) is 0 Å². The first kappa shape index (κ1) is 13.4. The predicted octanol–water partition coefficient (Wildman–Crippen LogP) is 3.41. The third-order valence-electron chi connectivity index (χ3n) is 4.04. The second-order valence-electron chi connectivity index (χ2n) is 6.65. The molecule has 0 radical (unpaired) electrons. The Balaban J connectivity index is 2.01. The van der Waals surface area contributed by atoms with Crippen LogP contribution in [0.15, 0.2) is 24.3 Å². The highest BCUT2D eigenvalue weighted by Crippen LogP contribution is 2.41. The van der Waals surface area contributed by atoms with E-state index in [2.05, 4.69) is 62.3 Å². The molecule has 1 aromatic heterocycles. The first-order chi connectivity index (χ1) is 9.47. The van der Waals surface area contributed by atoms with Crippen LogP contribution in [0, 0.1) is 0 Å². The molecule has 0 aliphatic heterocycles. The molecule has 1 aliphatic rings. The van der Waals surface area contributed by atoms with Gasteiger partial charge in [-0.2, -0.15) is 0 Å². The van der Waals surface area contributed by atoms with E-state index >= 15 is 0 Å².